The molecule has 2 heterocycles. The third-order valence-electron chi connectivity index (χ3n) is 3.40. The van der Waals surface area contributed by atoms with Gasteiger partial charge in [0.05, 0.1) is 0 Å². The van der Waals surface area contributed by atoms with Gasteiger partial charge in [0.2, 0.25) is 0 Å². The first-order valence-electron chi connectivity index (χ1n) is 5.83. The summed E-state index contributed by atoms with van der Waals surface area (Å²) in [6.07, 6.45) is 3.97. The summed E-state index contributed by atoms with van der Waals surface area (Å²) < 4.78 is 1.87. The number of hydrogen-bond donors (Lipinski definition) is 1. The van der Waals surface area contributed by atoms with Crippen LogP contribution in [0.15, 0.2) is 18.3 Å². The van der Waals surface area contributed by atoms with E-state index >= 15 is 0 Å². The highest BCUT2D eigenvalue weighted by Crippen LogP contribution is 2.17. The van der Waals surface area contributed by atoms with Crippen LogP contribution in [0, 0.1) is 5.92 Å². The van der Waals surface area contributed by atoms with Gasteiger partial charge in [-0.15, -0.1) is 0 Å². The normalized spacial score (nSPS) is 17.8. The zero-order valence-corrected chi connectivity index (χ0v) is 9.72. The fourth-order valence-electron chi connectivity index (χ4n) is 2.22. The van der Waals surface area contributed by atoms with E-state index in [1.54, 1.807) is 0 Å². The van der Waals surface area contributed by atoms with Gasteiger partial charge in [-0.05, 0) is 37.4 Å². The Hall–Kier alpha value is -1.29. The number of aromatic nitrogens is 1. The van der Waals surface area contributed by atoms with Crippen LogP contribution in [0.2, 0.25) is 0 Å². The Labute approximate surface area is 96.0 Å². The maximum atomic E-state index is 12.2. The number of carbonyl (C=O) groups is 1. The largest absolute Gasteiger partial charge is 0.347 e. The second kappa shape index (κ2) is 4.70. The molecule has 0 spiro atoms. The average Bonchev–Trinajstić information content (AvgIpc) is 2.75. The lowest BCUT2D eigenvalue weighted by atomic mass is 9.97. The zero-order chi connectivity index (χ0) is 11.5. The van der Waals surface area contributed by atoms with Gasteiger partial charge in [-0.1, -0.05) is 0 Å². The van der Waals surface area contributed by atoms with E-state index in [4.69, 9.17) is 5.73 Å². The zero-order valence-electron chi connectivity index (χ0n) is 9.72. The molecule has 1 aliphatic rings. The molecule has 2 rings (SSSR count). The minimum Gasteiger partial charge on any atom is -0.347 e. The Balaban J connectivity index is 2.00. The molecule has 0 bridgehead atoms. The number of likely N-dealkylation sites (tertiary alicyclic amines) is 1. The van der Waals surface area contributed by atoms with Gasteiger partial charge >= 0.3 is 0 Å². The highest BCUT2D eigenvalue weighted by atomic mass is 16.2. The monoisotopic (exact) mass is 221 g/mol. The van der Waals surface area contributed by atoms with E-state index in [1.807, 2.05) is 34.8 Å². The van der Waals surface area contributed by atoms with Gasteiger partial charge in [-0.2, -0.15) is 0 Å². The number of hydrogen-bond acceptors (Lipinski definition) is 2. The molecule has 1 aliphatic heterocycles. The van der Waals surface area contributed by atoms with E-state index < -0.39 is 0 Å². The van der Waals surface area contributed by atoms with E-state index in [1.165, 1.54) is 0 Å². The van der Waals surface area contributed by atoms with E-state index in [9.17, 15) is 4.79 Å². The first-order chi connectivity index (χ1) is 7.72. The molecule has 1 aromatic rings. The number of nitrogens with two attached hydrogens (primary N) is 1. The van der Waals surface area contributed by atoms with Gasteiger partial charge < -0.3 is 15.2 Å². The van der Waals surface area contributed by atoms with Crippen LogP contribution in [-0.4, -0.2) is 35.0 Å². The molecule has 0 atom stereocenters. The first-order valence-corrected chi connectivity index (χ1v) is 5.83. The number of amides is 1. The molecule has 4 nitrogen and oxygen atoms in total. The van der Waals surface area contributed by atoms with Gasteiger partial charge in [0.1, 0.15) is 5.69 Å². The maximum Gasteiger partial charge on any atom is 0.270 e. The number of aryl methyl sites for hydroxylation is 1. The first kappa shape index (κ1) is 11.2. The lowest BCUT2D eigenvalue weighted by Gasteiger charge is -2.31. The van der Waals surface area contributed by atoms with Gasteiger partial charge in [0.25, 0.3) is 5.91 Å². The minimum absolute atomic E-state index is 0.142. The summed E-state index contributed by atoms with van der Waals surface area (Å²) in [6.45, 7) is 2.42. The molecule has 0 aromatic carbocycles. The lowest BCUT2D eigenvalue weighted by Crippen LogP contribution is -2.40. The second-order valence-corrected chi connectivity index (χ2v) is 4.48. The minimum atomic E-state index is 0.142. The molecule has 0 radical (unpaired) electrons. The predicted molar refractivity (Wildman–Crippen MR) is 63.1 cm³/mol. The van der Waals surface area contributed by atoms with Crippen LogP contribution in [-0.2, 0) is 7.05 Å². The topological polar surface area (TPSA) is 51.3 Å². The van der Waals surface area contributed by atoms with Crippen LogP contribution >= 0.6 is 0 Å². The standard InChI is InChI=1S/C12H19N3O/c1-14-6-2-3-11(14)12(16)15-7-4-10(9-13)5-8-15/h2-3,6,10H,4-5,7-9,13H2,1H3. The molecule has 4 heteroatoms. The number of carbonyl (C=O) groups excluding carboxylic acids is 1. The maximum absolute atomic E-state index is 12.2. The summed E-state index contributed by atoms with van der Waals surface area (Å²) >= 11 is 0. The predicted octanol–water partition coefficient (Wildman–Crippen LogP) is 0.836. The summed E-state index contributed by atoms with van der Waals surface area (Å²) in [5, 5.41) is 0. The van der Waals surface area contributed by atoms with Crippen molar-refractivity contribution in [3.63, 3.8) is 0 Å². The van der Waals surface area contributed by atoms with Crippen molar-refractivity contribution in [1.82, 2.24) is 9.47 Å². The highest BCUT2D eigenvalue weighted by molar-refractivity contribution is 5.92. The van der Waals surface area contributed by atoms with Crippen molar-refractivity contribution >= 4 is 5.91 Å². The Morgan fingerprint density at radius 1 is 1.50 bits per heavy atom. The molecule has 0 saturated carbocycles. The Bertz CT molecular complexity index is 364. The number of rotatable bonds is 2. The quantitative estimate of drug-likeness (QED) is 0.804. The molecule has 16 heavy (non-hydrogen) atoms. The van der Waals surface area contributed by atoms with Crippen molar-refractivity contribution in [1.29, 1.82) is 0 Å². The van der Waals surface area contributed by atoms with Crippen molar-refractivity contribution in [3.05, 3.63) is 24.0 Å². The third kappa shape index (κ3) is 2.11. The van der Waals surface area contributed by atoms with Crippen molar-refractivity contribution in [2.24, 2.45) is 18.7 Å². The Kier molecular flexibility index (Phi) is 3.29. The van der Waals surface area contributed by atoms with E-state index in [0.29, 0.717) is 5.92 Å². The van der Waals surface area contributed by atoms with Crippen LogP contribution in [0.25, 0.3) is 0 Å². The fraction of sp³-hybridized carbons (Fsp3) is 0.583. The molecule has 0 aliphatic carbocycles. The SMILES string of the molecule is Cn1cccc1C(=O)N1CCC(CN)CC1. The molecule has 88 valence electrons. The Morgan fingerprint density at radius 2 is 2.19 bits per heavy atom. The summed E-state index contributed by atoms with van der Waals surface area (Å²) in [5.41, 5.74) is 6.41. The van der Waals surface area contributed by atoms with Crippen LogP contribution < -0.4 is 5.73 Å². The third-order valence-corrected chi connectivity index (χ3v) is 3.40. The lowest BCUT2D eigenvalue weighted by molar-refractivity contribution is 0.0684. The van der Waals surface area contributed by atoms with Crippen molar-refractivity contribution in [2.45, 2.75) is 12.8 Å². The van der Waals surface area contributed by atoms with Crippen LogP contribution in [0.3, 0.4) is 0 Å². The van der Waals surface area contributed by atoms with Crippen molar-refractivity contribution < 1.29 is 4.79 Å². The van der Waals surface area contributed by atoms with Gasteiger partial charge in [-0.3, -0.25) is 4.79 Å². The average molecular weight is 221 g/mol. The molecular weight excluding hydrogens is 202 g/mol. The van der Waals surface area contributed by atoms with Gasteiger partial charge in [0.15, 0.2) is 0 Å². The van der Waals surface area contributed by atoms with E-state index in [-0.39, 0.29) is 5.91 Å². The molecular formula is C12H19N3O. The van der Waals surface area contributed by atoms with Crippen LogP contribution in [0.4, 0.5) is 0 Å². The molecule has 1 fully saturated rings. The van der Waals surface area contributed by atoms with E-state index in [2.05, 4.69) is 0 Å². The van der Waals surface area contributed by atoms with Crippen LogP contribution in [0.1, 0.15) is 23.3 Å². The smallest absolute Gasteiger partial charge is 0.270 e. The summed E-state index contributed by atoms with van der Waals surface area (Å²) in [7, 11) is 1.90. The molecule has 1 aromatic heterocycles. The molecule has 2 N–H and O–H groups in total. The fourth-order valence-corrected chi connectivity index (χ4v) is 2.22. The number of nitrogens with zero attached hydrogens (tertiary/aromatic N) is 2. The Morgan fingerprint density at radius 3 is 2.69 bits per heavy atom. The molecule has 1 amide bonds. The second-order valence-electron chi connectivity index (χ2n) is 4.48. The van der Waals surface area contributed by atoms with Crippen molar-refractivity contribution in [2.75, 3.05) is 19.6 Å². The summed E-state index contributed by atoms with van der Waals surface area (Å²) in [6, 6.07) is 3.78. The van der Waals surface area contributed by atoms with E-state index in [0.717, 1.165) is 38.2 Å². The summed E-state index contributed by atoms with van der Waals surface area (Å²) in [4.78, 5) is 14.1. The van der Waals surface area contributed by atoms with Gasteiger partial charge in [0, 0.05) is 26.3 Å². The van der Waals surface area contributed by atoms with Crippen LogP contribution in [0.5, 0.6) is 0 Å². The number of piperidine rings is 1. The van der Waals surface area contributed by atoms with Crippen molar-refractivity contribution in [3.8, 4) is 0 Å². The molecule has 0 unspecified atom stereocenters. The summed E-state index contributed by atoms with van der Waals surface area (Å²) in [5.74, 6) is 0.737. The van der Waals surface area contributed by atoms with Gasteiger partial charge in [-0.25, -0.2) is 0 Å². The molecule has 1 saturated heterocycles. The highest BCUT2D eigenvalue weighted by Gasteiger charge is 2.23.